The predicted octanol–water partition coefficient (Wildman–Crippen LogP) is 23.3. The first-order chi connectivity index (χ1) is 49.7. The molecular weight excluding hydrogens is 1330 g/mol. The second-order valence-electron chi connectivity index (χ2n) is 26.6. The van der Waals surface area contributed by atoms with Gasteiger partial charge in [-0.15, -0.1) is 0 Å². The van der Waals surface area contributed by atoms with E-state index in [1.165, 1.54) is 51.4 Å². The molecule has 5 unspecified atom stereocenters. The first kappa shape index (κ1) is 97.7. The summed E-state index contributed by atoms with van der Waals surface area (Å²) in [6.45, 7) is 4.58. The second kappa shape index (κ2) is 75.0. The van der Waals surface area contributed by atoms with E-state index in [-0.39, 0.29) is 25.7 Å². The predicted molar refractivity (Wildman–Crippen MR) is 418 cm³/mol. The fourth-order valence-electron chi connectivity index (χ4n) is 10.7. The summed E-state index contributed by atoms with van der Waals surface area (Å²) in [7, 11) is -9.96. The topological polar surface area (TPSA) is 237 Å². The zero-order valence-electron chi connectivity index (χ0n) is 64.3. The molecule has 0 heterocycles. The molecule has 102 heavy (non-hydrogen) atoms. The van der Waals surface area contributed by atoms with Gasteiger partial charge in [0.05, 0.1) is 26.4 Å². The van der Waals surface area contributed by atoms with Crippen molar-refractivity contribution < 1.29 is 80.2 Å². The number of phosphoric ester groups is 2. The molecule has 0 rings (SSSR count). The molecule has 17 nitrogen and oxygen atoms in total. The Labute approximate surface area is 619 Å². The van der Waals surface area contributed by atoms with Crippen LogP contribution in [0.3, 0.4) is 0 Å². The summed E-state index contributed by atoms with van der Waals surface area (Å²) in [6, 6.07) is 0. The van der Waals surface area contributed by atoms with Gasteiger partial charge in [-0.3, -0.25) is 37.3 Å². The molecule has 0 aliphatic carbocycles. The minimum absolute atomic E-state index is 0.0792. The summed E-state index contributed by atoms with van der Waals surface area (Å²) in [5.74, 6) is -2.20. The maximum absolute atomic E-state index is 13.1. The number of carbonyl (C=O) groups is 4. The molecule has 0 fully saturated rings. The van der Waals surface area contributed by atoms with Gasteiger partial charge < -0.3 is 33.8 Å². The van der Waals surface area contributed by atoms with Crippen molar-refractivity contribution in [2.45, 2.75) is 354 Å². The van der Waals surface area contributed by atoms with Crippen LogP contribution < -0.4 is 0 Å². The largest absolute Gasteiger partial charge is 0.472 e. The maximum atomic E-state index is 13.1. The minimum Gasteiger partial charge on any atom is -0.462 e. The van der Waals surface area contributed by atoms with Gasteiger partial charge in [0.2, 0.25) is 0 Å². The number of esters is 4. The molecule has 0 saturated heterocycles. The van der Waals surface area contributed by atoms with Crippen LogP contribution in [0.25, 0.3) is 0 Å². The highest BCUT2D eigenvalue weighted by atomic mass is 31.2. The second-order valence-corrected chi connectivity index (χ2v) is 29.5. The molecule has 0 spiro atoms. The third-order valence-electron chi connectivity index (χ3n) is 16.7. The van der Waals surface area contributed by atoms with Gasteiger partial charge in [0.1, 0.15) is 19.3 Å². The summed E-state index contributed by atoms with van der Waals surface area (Å²) >= 11 is 0. The van der Waals surface area contributed by atoms with E-state index in [2.05, 4.69) is 137 Å². The van der Waals surface area contributed by atoms with E-state index in [1.807, 2.05) is 0 Å². The first-order valence-corrected chi connectivity index (χ1v) is 43.1. The Kier molecular flexibility index (Phi) is 71.8. The van der Waals surface area contributed by atoms with Crippen molar-refractivity contribution in [3.63, 3.8) is 0 Å². The van der Waals surface area contributed by atoms with E-state index in [4.69, 9.17) is 37.0 Å². The van der Waals surface area contributed by atoms with E-state index in [1.54, 1.807) is 0 Å². The number of ether oxygens (including phenoxy) is 4. The van der Waals surface area contributed by atoms with Crippen LogP contribution in [0.4, 0.5) is 0 Å². The summed E-state index contributed by atoms with van der Waals surface area (Å²) in [5, 5.41) is 10.6. The van der Waals surface area contributed by atoms with Crippen LogP contribution in [-0.2, 0) is 65.4 Å². The van der Waals surface area contributed by atoms with E-state index >= 15 is 0 Å². The van der Waals surface area contributed by atoms with Crippen LogP contribution in [0.5, 0.6) is 0 Å². The van der Waals surface area contributed by atoms with E-state index < -0.39 is 97.5 Å². The normalized spacial score (nSPS) is 14.5. The molecular formula is C83H144O17P2. The molecule has 0 aromatic rings. The van der Waals surface area contributed by atoms with Gasteiger partial charge >= 0.3 is 39.5 Å². The molecule has 19 heteroatoms. The number of rotatable bonds is 75. The van der Waals surface area contributed by atoms with Crippen molar-refractivity contribution in [3.8, 4) is 0 Å². The molecule has 588 valence electrons. The highest BCUT2D eigenvalue weighted by Crippen LogP contribution is 2.45. The lowest BCUT2D eigenvalue weighted by Crippen LogP contribution is -2.30. The lowest BCUT2D eigenvalue weighted by molar-refractivity contribution is -0.161. The third-order valence-corrected chi connectivity index (χ3v) is 18.6. The van der Waals surface area contributed by atoms with E-state index in [0.29, 0.717) is 25.7 Å². The van der Waals surface area contributed by atoms with Crippen molar-refractivity contribution in [2.75, 3.05) is 39.6 Å². The molecule has 0 radical (unpaired) electrons. The standard InChI is InChI=1S/C83H144O17P2/c1-5-9-13-17-21-25-29-33-35-37-38-40-41-45-48-52-56-60-64-68-81(86)94-74-79(100-83(88)70-66-62-58-54-50-46-42-39-36-34-30-26-22-18-14-10-6-2)76-98-102(91,92)96-72-77(84)71-95-101(89,90)97-75-78(99-82(87)69-65-61-57-53-49-44-32-28-24-20-16-12-8-4)73-93-80(85)67-63-59-55-51-47-43-31-27-23-19-15-11-7-3/h9-10,13-15,19,21-22,25-27,31,33-36,38,40,77-79,84H,5-8,11-12,16-18,20,23-24,28-30,32,37,39,41-76H2,1-4H3,(H,89,90)(H,91,92)/b13-9-,14-10-,19-15-,25-21-,26-22-,31-27-,35-33-,36-34-,40-38-. The highest BCUT2D eigenvalue weighted by Gasteiger charge is 2.30. The molecule has 5 atom stereocenters. The van der Waals surface area contributed by atoms with Crippen molar-refractivity contribution in [2.24, 2.45) is 0 Å². The molecule has 0 bridgehead atoms. The monoisotopic (exact) mass is 1470 g/mol. The maximum Gasteiger partial charge on any atom is 0.472 e. The number of hydrogen-bond donors (Lipinski definition) is 3. The lowest BCUT2D eigenvalue weighted by atomic mass is 10.0. The van der Waals surface area contributed by atoms with Crippen LogP contribution in [0, 0.1) is 0 Å². The molecule has 0 aliphatic heterocycles. The van der Waals surface area contributed by atoms with Gasteiger partial charge in [-0.2, -0.15) is 0 Å². The Morgan fingerprint density at radius 1 is 0.284 bits per heavy atom. The Bertz CT molecular complexity index is 2360. The molecule has 0 aromatic heterocycles. The average molecular weight is 1480 g/mol. The smallest absolute Gasteiger partial charge is 0.462 e. The number of phosphoric acid groups is 2. The van der Waals surface area contributed by atoms with Crippen molar-refractivity contribution in [1.82, 2.24) is 0 Å². The number of carbonyl (C=O) groups excluding carboxylic acids is 4. The summed E-state index contributed by atoms with van der Waals surface area (Å²) in [5.41, 5.74) is 0. The van der Waals surface area contributed by atoms with E-state index in [0.717, 1.165) is 205 Å². The van der Waals surface area contributed by atoms with Crippen LogP contribution >= 0.6 is 15.6 Å². The molecule has 0 aliphatic rings. The lowest BCUT2D eigenvalue weighted by Gasteiger charge is -2.21. The quantitative estimate of drug-likeness (QED) is 0.0169. The van der Waals surface area contributed by atoms with Crippen molar-refractivity contribution in [1.29, 1.82) is 0 Å². The van der Waals surface area contributed by atoms with E-state index in [9.17, 15) is 43.2 Å². The van der Waals surface area contributed by atoms with Gasteiger partial charge in [0, 0.05) is 25.7 Å². The Balaban J connectivity index is 5.36. The summed E-state index contributed by atoms with van der Waals surface area (Å²) in [6.07, 6.45) is 80.6. The Morgan fingerprint density at radius 3 is 0.824 bits per heavy atom. The number of hydrogen-bond acceptors (Lipinski definition) is 15. The first-order valence-electron chi connectivity index (χ1n) is 40.1. The van der Waals surface area contributed by atoms with Crippen LogP contribution in [-0.4, -0.2) is 96.7 Å². The Hall–Kier alpha value is -4.28. The molecule has 0 saturated carbocycles. The van der Waals surface area contributed by atoms with Gasteiger partial charge in [0.25, 0.3) is 0 Å². The van der Waals surface area contributed by atoms with Crippen molar-refractivity contribution in [3.05, 3.63) is 109 Å². The third kappa shape index (κ3) is 74.0. The Morgan fingerprint density at radius 2 is 0.529 bits per heavy atom. The van der Waals surface area contributed by atoms with Gasteiger partial charge in [-0.05, 0) is 122 Å². The molecule has 0 aromatic carbocycles. The van der Waals surface area contributed by atoms with Crippen LogP contribution in [0.15, 0.2) is 109 Å². The number of unbranched alkanes of at least 4 members (excludes halogenated alkanes) is 31. The fraction of sp³-hybridized carbons (Fsp3) is 0.735. The number of aliphatic hydroxyl groups is 1. The summed E-state index contributed by atoms with van der Waals surface area (Å²) < 4.78 is 68.6. The van der Waals surface area contributed by atoms with Crippen LogP contribution in [0.1, 0.15) is 336 Å². The van der Waals surface area contributed by atoms with Crippen molar-refractivity contribution >= 4 is 39.5 Å². The van der Waals surface area contributed by atoms with Crippen LogP contribution in [0.2, 0.25) is 0 Å². The molecule has 3 N–H and O–H groups in total. The zero-order chi connectivity index (χ0) is 74.6. The SMILES string of the molecule is CC/C=C\C/C=C\C/C=C\C/C=C\CCCCCCCCC(=O)OCC(COP(=O)(O)OCC(O)COP(=O)(O)OCC(COC(=O)CCCCCCC/C=C\C/C=C\CCC)OC(=O)CCCCCCCCCCCCCCC)OC(=O)CCCCCCCCC/C=C\C/C=C\C/C=C\CC. The fourth-order valence-corrected chi connectivity index (χ4v) is 12.3. The minimum atomic E-state index is -4.98. The number of allylic oxidation sites excluding steroid dienone is 18. The highest BCUT2D eigenvalue weighted by molar-refractivity contribution is 7.47. The van der Waals surface area contributed by atoms with Gasteiger partial charge in [-0.1, -0.05) is 298 Å². The average Bonchev–Trinajstić information content (AvgIpc) is 0.923. The van der Waals surface area contributed by atoms with Gasteiger partial charge in [-0.25, -0.2) is 9.13 Å². The molecule has 0 amide bonds. The zero-order valence-corrected chi connectivity index (χ0v) is 66.0. The number of aliphatic hydroxyl groups excluding tert-OH is 1. The summed E-state index contributed by atoms with van der Waals surface area (Å²) in [4.78, 5) is 73.0. The van der Waals surface area contributed by atoms with Gasteiger partial charge in [0.15, 0.2) is 12.2 Å².